The summed E-state index contributed by atoms with van der Waals surface area (Å²) in [5.41, 5.74) is 0. The first-order chi connectivity index (χ1) is 4.89. The van der Waals surface area contributed by atoms with Gasteiger partial charge < -0.3 is 4.90 Å². The van der Waals surface area contributed by atoms with Crippen LogP contribution in [0.1, 0.15) is 12.8 Å². The monoisotopic (exact) mass is 185 g/mol. The molecule has 1 fully saturated rings. The molecule has 0 aromatic rings. The quantitative estimate of drug-likeness (QED) is 0.407. The van der Waals surface area contributed by atoms with E-state index in [2.05, 4.69) is 7.05 Å². The van der Waals surface area contributed by atoms with Crippen LogP contribution in [0.4, 0.5) is 0 Å². The van der Waals surface area contributed by atoms with Gasteiger partial charge in [-0.25, -0.2) is 18.6 Å². The molecule has 1 saturated heterocycles. The summed E-state index contributed by atoms with van der Waals surface area (Å²) in [5.74, 6) is 0. The van der Waals surface area contributed by atoms with Crippen LogP contribution in [0, 0.1) is 10.2 Å². The molecule has 0 radical (unpaired) electrons. The fourth-order valence-corrected chi connectivity index (χ4v) is 0.979. The van der Waals surface area contributed by atoms with E-state index in [1.807, 2.05) is 0 Å². The van der Waals surface area contributed by atoms with E-state index in [0.717, 1.165) is 0 Å². The van der Waals surface area contributed by atoms with Crippen molar-refractivity contribution in [1.82, 2.24) is 0 Å². The van der Waals surface area contributed by atoms with Crippen molar-refractivity contribution < 1.29 is 33.8 Å². The molecule has 0 saturated carbocycles. The zero-order valence-electron chi connectivity index (χ0n) is 6.34. The Morgan fingerprint density at radius 3 is 1.36 bits per heavy atom. The molecule has 0 spiro atoms. The van der Waals surface area contributed by atoms with Crippen molar-refractivity contribution in [2.45, 2.75) is 12.8 Å². The van der Waals surface area contributed by atoms with Gasteiger partial charge in [0.05, 0.1) is 20.1 Å². The number of likely N-dealkylation sites (tertiary alicyclic amines) is 1. The lowest BCUT2D eigenvalue weighted by atomic mass is 10.4. The number of hydrogen-bond donors (Lipinski definition) is 1. The summed E-state index contributed by atoms with van der Waals surface area (Å²) in [6.45, 7) is 2.81. The number of hydrogen-bond acceptors (Lipinski definition) is 4. The minimum absolute atomic E-state index is 1.40. The van der Waals surface area contributed by atoms with Crippen molar-refractivity contribution >= 4 is 0 Å². The highest BCUT2D eigenvalue weighted by Crippen LogP contribution is 1.84. The van der Waals surface area contributed by atoms with Crippen LogP contribution >= 0.6 is 0 Å². The fraction of sp³-hybridized carbons (Fsp3) is 1.00. The van der Waals surface area contributed by atoms with Crippen molar-refractivity contribution in [2.24, 2.45) is 0 Å². The summed E-state index contributed by atoms with van der Waals surface area (Å²) in [4.78, 5) is 1.70. The van der Waals surface area contributed by atoms with Crippen LogP contribution in [0.25, 0.3) is 0 Å². The Kier molecular flexibility index (Phi) is 4.91. The van der Waals surface area contributed by atoms with Gasteiger partial charge in [-0.2, -0.15) is 0 Å². The lowest BCUT2D eigenvalue weighted by Gasteiger charge is -2.17. The number of halogens is 1. The Morgan fingerprint density at radius 2 is 1.27 bits per heavy atom. The normalized spacial score (nSPS) is 19.4. The molecule has 1 rings (SSSR count). The lowest BCUT2D eigenvalue weighted by Crippen LogP contribution is -3.06. The molecule has 0 unspecified atom stereocenters. The molecule has 1 N–H and O–H groups in total. The van der Waals surface area contributed by atoms with E-state index in [9.17, 15) is 0 Å². The van der Waals surface area contributed by atoms with Crippen LogP contribution in [-0.2, 0) is 0 Å². The van der Waals surface area contributed by atoms with E-state index in [1.54, 1.807) is 4.90 Å². The van der Waals surface area contributed by atoms with Gasteiger partial charge in [0.1, 0.15) is 0 Å². The summed E-state index contributed by atoms with van der Waals surface area (Å²) < 4.78 is 34.0. The van der Waals surface area contributed by atoms with Crippen molar-refractivity contribution in [3.8, 4) is 0 Å². The molecule has 0 amide bonds. The molecule has 0 aromatic carbocycles. The maximum absolute atomic E-state index is 8.49. The Morgan fingerprint density at radius 1 is 1.00 bits per heavy atom. The van der Waals surface area contributed by atoms with Gasteiger partial charge in [-0.15, -0.1) is 10.2 Å². The van der Waals surface area contributed by atoms with Gasteiger partial charge in [-0.3, -0.25) is 0 Å². The highest BCUT2D eigenvalue weighted by molar-refractivity contribution is 4.40. The first-order valence-electron chi connectivity index (χ1n) is 3.32. The number of quaternary nitrogens is 1. The van der Waals surface area contributed by atoms with Crippen molar-refractivity contribution in [3.63, 3.8) is 0 Å². The van der Waals surface area contributed by atoms with Gasteiger partial charge in [0, 0.05) is 12.8 Å². The Balaban J connectivity index is 0.000000187. The Hall–Kier alpha value is 0.0900. The average Bonchev–Trinajstić information content (AvgIpc) is 2.12. The third-order valence-corrected chi connectivity index (χ3v) is 1.46. The van der Waals surface area contributed by atoms with Gasteiger partial charge in [0.15, 0.2) is 0 Å². The zero-order chi connectivity index (χ0) is 8.91. The molecule has 1 heterocycles. The first kappa shape index (κ1) is 11.1. The van der Waals surface area contributed by atoms with Crippen LogP contribution < -0.4 is 23.5 Å². The summed E-state index contributed by atoms with van der Waals surface area (Å²) in [6.07, 6.45) is 2.90. The van der Waals surface area contributed by atoms with Crippen molar-refractivity contribution in [1.29, 1.82) is 0 Å². The zero-order valence-corrected chi connectivity index (χ0v) is 7.10. The molecule has 1 aliphatic heterocycles. The molecule has 1 aliphatic rings. The van der Waals surface area contributed by atoms with Crippen LogP contribution in [0.5, 0.6) is 0 Å². The molecule has 11 heavy (non-hydrogen) atoms. The largest absolute Gasteiger partial charge is 0.337 e. The van der Waals surface area contributed by atoms with E-state index in [4.69, 9.17) is 18.6 Å². The standard InChI is InChI=1S/C5H11N.ClHO4/c1-6-4-2-3-5-6;2-1(3,4)5/h2-5H2,1H3;(H,2,3,4,5). The number of nitrogens with one attached hydrogen (secondary N) is 1. The molecule has 6 heteroatoms. The summed E-state index contributed by atoms with van der Waals surface area (Å²) in [6, 6.07) is 0. The third kappa shape index (κ3) is 13.1. The summed E-state index contributed by atoms with van der Waals surface area (Å²) in [5, 5.41) is 0. The van der Waals surface area contributed by atoms with Crippen molar-refractivity contribution in [2.75, 3.05) is 20.1 Å². The van der Waals surface area contributed by atoms with Gasteiger partial charge in [0.25, 0.3) is 0 Å². The van der Waals surface area contributed by atoms with E-state index >= 15 is 0 Å². The minimum Gasteiger partial charge on any atom is -0.337 e. The summed E-state index contributed by atoms with van der Waals surface area (Å²) in [7, 11) is -2.69. The number of rotatable bonds is 0. The molecule has 5 nitrogen and oxygen atoms in total. The maximum atomic E-state index is 8.49. The summed E-state index contributed by atoms with van der Waals surface area (Å²) >= 11 is 0. The van der Waals surface area contributed by atoms with Crippen LogP contribution in [-0.4, -0.2) is 20.1 Å². The molecular weight excluding hydrogens is 174 g/mol. The van der Waals surface area contributed by atoms with Crippen molar-refractivity contribution in [3.05, 3.63) is 0 Å². The SMILES string of the molecule is C[NH+]1CCCC1.[O-][Cl+3]([O-])([O-])[O-]. The highest BCUT2D eigenvalue weighted by atomic mass is 35.7. The first-order valence-corrected chi connectivity index (χ1v) is 4.56. The van der Waals surface area contributed by atoms with E-state index < -0.39 is 10.2 Å². The molecule has 0 aromatic heterocycles. The van der Waals surface area contributed by atoms with E-state index in [0.29, 0.717) is 0 Å². The Labute approximate surface area is 67.6 Å². The average molecular weight is 186 g/mol. The second kappa shape index (κ2) is 4.87. The van der Waals surface area contributed by atoms with Gasteiger partial charge >= 0.3 is 0 Å². The predicted octanol–water partition coefficient (Wildman–Crippen LogP) is -5.46. The maximum Gasteiger partial charge on any atom is 0.0771 e. The molecule has 0 atom stereocenters. The Bertz CT molecular complexity index is 93.1. The molecule has 68 valence electrons. The minimum atomic E-state index is -4.94. The van der Waals surface area contributed by atoms with Crippen LogP contribution in [0.2, 0.25) is 0 Å². The predicted molar refractivity (Wildman–Crippen MR) is 25.9 cm³/mol. The molecular formula is C5H12ClNO4. The topological polar surface area (TPSA) is 96.7 Å². The third-order valence-electron chi connectivity index (χ3n) is 1.46. The van der Waals surface area contributed by atoms with E-state index in [-0.39, 0.29) is 0 Å². The van der Waals surface area contributed by atoms with Gasteiger partial charge in [-0.1, -0.05) is 0 Å². The highest BCUT2D eigenvalue weighted by Gasteiger charge is 2.07. The lowest BCUT2D eigenvalue weighted by molar-refractivity contribution is -2.00. The van der Waals surface area contributed by atoms with E-state index in [1.165, 1.54) is 25.9 Å². The smallest absolute Gasteiger partial charge is 0.0771 e. The second-order valence-electron chi connectivity index (χ2n) is 2.54. The molecule has 0 aliphatic carbocycles. The van der Waals surface area contributed by atoms with Gasteiger partial charge in [-0.05, 0) is 0 Å². The van der Waals surface area contributed by atoms with Crippen LogP contribution in [0.3, 0.4) is 0 Å². The second-order valence-corrected chi connectivity index (χ2v) is 3.30. The fourth-order valence-electron chi connectivity index (χ4n) is 0.979. The van der Waals surface area contributed by atoms with Gasteiger partial charge in [0.2, 0.25) is 0 Å². The van der Waals surface area contributed by atoms with Crippen LogP contribution in [0.15, 0.2) is 0 Å². The molecule has 0 bridgehead atoms.